The summed E-state index contributed by atoms with van der Waals surface area (Å²) in [6, 6.07) is 0. The lowest BCUT2D eigenvalue weighted by Gasteiger charge is -2.22. The molecule has 0 bridgehead atoms. The highest BCUT2D eigenvalue weighted by molar-refractivity contribution is 6.01. The fourth-order valence-electron chi connectivity index (χ4n) is 6.10. The predicted octanol–water partition coefficient (Wildman–Crippen LogP) is 9.45. The highest BCUT2D eigenvalue weighted by atomic mass is 35.5. The van der Waals surface area contributed by atoms with Gasteiger partial charge in [0, 0.05) is 35.0 Å². The van der Waals surface area contributed by atoms with E-state index in [1.807, 2.05) is 0 Å². The largest absolute Gasteiger partial charge is 1.00 e. The summed E-state index contributed by atoms with van der Waals surface area (Å²) in [5.74, 6) is -3.54. The number of amides is 3. The third-order valence-corrected chi connectivity index (χ3v) is 9.74. The van der Waals surface area contributed by atoms with Crippen molar-refractivity contribution >= 4 is 54.2 Å². The van der Waals surface area contributed by atoms with Crippen molar-refractivity contribution in [2.75, 3.05) is 40.3 Å². The van der Waals surface area contributed by atoms with Crippen molar-refractivity contribution in [3.63, 3.8) is 0 Å². The first-order valence-electron chi connectivity index (χ1n) is 27.4. The van der Waals surface area contributed by atoms with Crippen molar-refractivity contribution in [2.24, 2.45) is 4.99 Å². The van der Waals surface area contributed by atoms with Crippen LogP contribution in [-0.2, 0) is 33.4 Å². The van der Waals surface area contributed by atoms with Gasteiger partial charge in [-0.3, -0.25) is 35.2 Å². The van der Waals surface area contributed by atoms with Gasteiger partial charge in [0.2, 0.25) is 17.8 Å². The van der Waals surface area contributed by atoms with Crippen LogP contribution in [0.4, 0.5) is 4.79 Å². The lowest BCUT2D eigenvalue weighted by molar-refractivity contribution is -0.144. The van der Waals surface area contributed by atoms with E-state index in [9.17, 15) is 24.0 Å². The Labute approximate surface area is 416 Å². The molecule has 66 heavy (non-hydrogen) atoms. The summed E-state index contributed by atoms with van der Waals surface area (Å²) in [6.45, 7) is 7.01. The minimum Gasteiger partial charge on any atom is -1.00 e. The summed E-state index contributed by atoms with van der Waals surface area (Å²) < 4.78 is 61.9. The molecule has 0 radical (unpaired) electrons. The van der Waals surface area contributed by atoms with Gasteiger partial charge < -0.3 is 28.7 Å². The van der Waals surface area contributed by atoms with Crippen molar-refractivity contribution in [1.82, 2.24) is 20.4 Å². The molecule has 0 saturated carbocycles. The van der Waals surface area contributed by atoms with E-state index in [1.54, 1.807) is 20.8 Å². The first kappa shape index (κ1) is 58.6. The van der Waals surface area contributed by atoms with Gasteiger partial charge in [-0.15, -0.1) is 17.4 Å². The number of likely N-dealkylation sites (N-methyl/N-ethyl adjacent to an activating group) is 2. The van der Waals surface area contributed by atoms with Crippen molar-refractivity contribution in [3.05, 3.63) is 0 Å². The number of guanidine groups is 2. The second-order valence-corrected chi connectivity index (χ2v) is 17.3. The summed E-state index contributed by atoms with van der Waals surface area (Å²) in [4.78, 5) is 66.4. The first-order valence-corrected chi connectivity index (χ1v) is 24.4. The Morgan fingerprint density at radius 3 is 1.24 bits per heavy atom. The van der Waals surface area contributed by atoms with Crippen molar-refractivity contribution in [2.45, 2.75) is 241 Å². The molecule has 0 heterocycles. The molecule has 3 N–H and O–H groups in total. The quantitative estimate of drug-likeness (QED) is 0.0185. The monoisotopic (exact) mass is 972 g/mol. The van der Waals surface area contributed by atoms with Crippen molar-refractivity contribution < 1.29 is 51.1 Å². The highest BCUT2D eigenvalue weighted by Gasteiger charge is 2.21. The van der Waals surface area contributed by atoms with E-state index < -0.39 is 74.4 Å². The molecule has 16 heteroatoms. The number of hydrogen-bond acceptors (Lipinski definition) is 9. The van der Waals surface area contributed by atoms with Crippen LogP contribution >= 0.6 is 12.4 Å². The van der Waals surface area contributed by atoms with Crippen molar-refractivity contribution in [1.29, 1.82) is 5.41 Å². The van der Waals surface area contributed by atoms with E-state index in [4.69, 9.17) is 27.8 Å². The molecule has 0 rings (SSSR count). The number of hydrogen-bond donors (Lipinski definition) is 3. The van der Waals surface area contributed by atoms with Crippen LogP contribution in [0.15, 0.2) is 4.99 Å². The molecule has 0 aromatic heterocycles. The molecule has 0 aromatic carbocycles. The van der Waals surface area contributed by atoms with Gasteiger partial charge in [0.05, 0.1) is 13.2 Å². The molecule has 0 spiro atoms. The molecule has 0 saturated heterocycles. The molecular formula is C50H99ClFN6O8-. The van der Waals surface area contributed by atoms with E-state index in [0.29, 0.717) is 29.1 Å². The lowest BCUT2D eigenvalue weighted by Crippen LogP contribution is -3.00. The highest BCUT2D eigenvalue weighted by Crippen LogP contribution is 2.12. The third kappa shape index (κ3) is 49.9. The number of esters is 2. The fourth-order valence-corrected chi connectivity index (χ4v) is 6.10. The van der Waals surface area contributed by atoms with Gasteiger partial charge in [-0.1, -0.05) is 176 Å². The maximum atomic E-state index is 12.6. The zero-order valence-corrected chi connectivity index (χ0v) is 42.3. The number of halogens is 2. The number of rotatable bonds is 34. The molecule has 14 nitrogen and oxygen atoms in total. The molecular weight excluding hydrogens is 867 g/mol. The number of nitrogens with zero attached hydrogens (tertiary/aromatic N) is 3. The molecule has 0 unspecified atom stereocenters. The molecule has 0 aromatic rings. The van der Waals surface area contributed by atoms with Crippen LogP contribution in [-0.4, -0.2) is 97.4 Å². The molecule has 3 amide bonds. The Bertz CT molecular complexity index is 1460. The number of unbranched alkanes of at least 4 members (excludes halogenated alkanes) is 22. The van der Waals surface area contributed by atoms with Crippen LogP contribution < -0.4 is 15.3 Å². The van der Waals surface area contributed by atoms with Crippen LogP contribution in [0.3, 0.4) is 0 Å². The van der Waals surface area contributed by atoms with Crippen LogP contribution in [0.1, 0.15) is 244 Å². The van der Waals surface area contributed by atoms with Crippen LogP contribution in [0.2, 0.25) is 0 Å². The van der Waals surface area contributed by atoms with Gasteiger partial charge in [-0.05, 0) is 46.5 Å². The topological polar surface area (TPSA) is 180 Å². The Morgan fingerprint density at radius 2 is 0.879 bits per heavy atom. The minimum absolute atomic E-state index is 0. The van der Waals surface area contributed by atoms with Crippen molar-refractivity contribution in [3.8, 4) is 0 Å². The van der Waals surface area contributed by atoms with Gasteiger partial charge in [0.1, 0.15) is 18.7 Å². The van der Waals surface area contributed by atoms with Crippen LogP contribution in [0.25, 0.3) is 0 Å². The molecule has 0 fully saturated rings. The molecule has 0 aliphatic carbocycles. The maximum Gasteiger partial charge on any atom is 0.437 e. The van der Waals surface area contributed by atoms with Crippen LogP contribution in [0, 0.1) is 5.41 Å². The van der Waals surface area contributed by atoms with E-state index in [1.165, 1.54) is 51.4 Å². The predicted molar refractivity (Wildman–Crippen MR) is 271 cm³/mol. The summed E-state index contributed by atoms with van der Waals surface area (Å²) in [5, 5.41) is 12.7. The average molecular weight is 973 g/mol. The smallest absolute Gasteiger partial charge is 0.437 e. The molecule has 0 aliphatic rings. The first-order chi connectivity index (χ1) is 32.5. The normalized spacial score (nSPS) is 12.4. The Balaban J connectivity index is -0.000000406. The fraction of sp³-hybridized carbons (Fsp3) is 0.860. The van der Waals surface area contributed by atoms with E-state index in [2.05, 4.69) is 43.3 Å². The summed E-state index contributed by atoms with van der Waals surface area (Å²) in [5.41, 5.74) is -0.881. The number of aliphatic imine (C=N–C) groups is 1. The Kier molecular flexibility index (Phi) is 43.9. The van der Waals surface area contributed by atoms with Gasteiger partial charge in [0.25, 0.3) is 0 Å². The molecule has 392 valence electrons. The zero-order chi connectivity index (χ0) is 52.6. The summed E-state index contributed by atoms with van der Waals surface area (Å²) in [7, 11) is 0. The minimum atomic E-state index is -2.87. The zero-order valence-electron chi connectivity index (χ0n) is 47.5. The summed E-state index contributed by atoms with van der Waals surface area (Å²) in [6.07, 6.45) is 26.4. The van der Waals surface area contributed by atoms with Gasteiger partial charge in [0.15, 0.2) is 5.96 Å². The van der Waals surface area contributed by atoms with E-state index >= 15 is 0 Å². The Morgan fingerprint density at radius 1 is 0.545 bits per heavy atom. The maximum absolute atomic E-state index is 12.6. The van der Waals surface area contributed by atoms with E-state index in [-0.39, 0.29) is 50.6 Å². The van der Waals surface area contributed by atoms with E-state index in [0.717, 1.165) is 96.3 Å². The van der Waals surface area contributed by atoms with Gasteiger partial charge in [-0.2, -0.15) is 0 Å². The lowest BCUT2D eigenvalue weighted by atomic mass is 10.1. The third-order valence-electron chi connectivity index (χ3n) is 9.74. The van der Waals surface area contributed by atoms with Gasteiger partial charge in [-0.25, -0.2) is 4.79 Å². The SMILES string of the molecule is C.Cl.[2H]C([2H])([2H])N(CC(=O)OCCCCCCC)C(=N)NC(=O)CCCCCCCCCC.[2H]C([2H])([2H])N(CC(=O)OCCCCCCC)C(=NC(=O)OC(C)(C)C)NC(=O)CCCCCCCCCC.[F-]. The Hall–Kier alpha value is -3.49. The second kappa shape index (κ2) is 49.4. The standard InChI is InChI=1S/C27H51N3O5.C22H43N3O3.CH4.ClH.FH/c1-7-9-11-13-14-15-16-18-20-23(31)28-25(29-26(33)35-27(3,4)5)30(6)22-24(32)34-21-19-17-12-10-8-2;1-4-6-8-10-11-12-13-15-17-20(26)24-22(23)25(3)19-21(27)28-18-16-14-9-7-5-2;;;/h7-22H2,1-6H3,(H,28,29,31,33);4-19H2,1-3H3,(H2,23,24,26);1H4;2*1H/p-1/i6D3;3D3;;;. The second-order valence-electron chi connectivity index (χ2n) is 17.3. The average Bonchev–Trinajstić information content (AvgIpc) is 3.24. The number of nitrogens with one attached hydrogen (secondary N) is 3. The molecule has 0 aliphatic heterocycles. The molecule has 0 atom stereocenters. The number of carbonyl (C=O) groups is 5. The number of carbonyl (C=O) groups excluding carboxylic acids is 5. The summed E-state index contributed by atoms with van der Waals surface area (Å²) >= 11 is 0. The number of ether oxygens (including phenoxy) is 3. The van der Waals surface area contributed by atoms with Gasteiger partial charge >= 0.3 is 18.0 Å². The van der Waals surface area contributed by atoms with Crippen LogP contribution in [0.5, 0.6) is 0 Å².